The van der Waals surface area contributed by atoms with Crippen molar-refractivity contribution in [2.75, 3.05) is 16.8 Å². The first kappa shape index (κ1) is 37.7. The van der Waals surface area contributed by atoms with Gasteiger partial charge in [0.05, 0.1) is 16.9 Å². The van der Waals surface area contributed by atoms with E-state index in [0.29, 0.717) is 22.1 Å². The molecule has 2 aliphatic carbocycles. The predicted octanol–water partition coefficient (Wildman–Crippen LogP) is 2.92. The Morgan fingerprint density at radius 2 is 1.55 bits per heavy atom. The normalized spacial score (nSPS) is 18.7. The molecule has 1 aliphatic heterocycles. The molecule has 49 heavy (non-hydrogen) atoms. The summed E-state index contributed by atoms with van der Waals surface area (Å²) < 4.78 is 104. The summed E-state index contributed by atoms with van der Waals surface area (Å²) in [6, 6.07) is 2.90. The van der Waals surface area contributed by atoms with Gasteiger partial charge in [-0.25, -0.2) is 9.59 Å². The number of hydrogen-bond acceptors (Lipinski definition) is 11. The molecule has 1 heterocycles. The molecule has 3 unspecified atom stereocenters. The number of carboxylic acids is 2. The number of carboxylic acid groups (broad SMARTS) is 2. The molecule has 16 nitrogen and oxygen atoms in total. The first-order valence-corrected chi connectivity index (χ1v) is 19.2. The van der Waals surface area contributed by atoms with Gasteiger partial charge < -0.3 is 19.9 Å². The lowest BCUT2D eigenvalue weighted by Gasteiger charge is -2.32. The first-order chi connectivity index (χ1) is 22.5. The molecule has 4 rings (SSSR count). The number of nitrogens with one attached hydrogen (secondary N) is 1. The maximum absolute atomic E-state index is 12.8. The van der Waals surface area contributed by atoms with Gasteiger partial charge in [0.25, 0.3) is 30.4 Å². The highest BCUT2D eigenvalue weighted by molar-refractivity contribution is 7.87. The summed E-state index contributed by atoms with van der Waals surface area (Å²) in [4.78, 5) is 28.1. The zero-order valence-electron chi connectivity index (χ0n) is 26.3. The molecule has 0 saturated heterocycles. The minimum absolute atomic E-state index is 0.0717. The van der Waals surface area contributed by atoms with Crippen LogP contribution in [0.3, 0.4) is 0 Å². The van der Waals surface area contributed by atoms with Crippen LogP contribution in [0.4, 0.5) is 5.69 Å². The van der Waals surface area contributed by atoms with Crippen LogP contribution in [0.25, 0.3) is 27.9 Å². The van der Waals surface area contributed by atoms with Crippen molar-refractivity contribution in [3.05, 3.63) is 64.5 Å². The zero-order valence-corrected chi connectivity index (χ0v) is 28.8. The van der Waals surface area contributed by atoms with E-state index in [1.807, 2.05) is 0 Å². The lowest BCUT2D eigenvalue weighted by Crippen LogP contribution is -2.37. The van der Waals surface area contributed by atoms with E-state index in [1.54, 1.807) is 19.1 Å². The summed E-state index contributed by atoms with van der Waals surface area (Å²) in [6.07, 6.45) is 3.56. The molecule has 0 spiro atoms. The molecular weight excluding hydrogens is 709 g/mol. The van der Waals surface area contributed by atoms with Gasteiger partial charge in [0.1, 0.15) is 28.2 Å². The quantitative estimate of drug-likeness (QED) is 0.108. The van der Waals surface area contributed by atoms with Gasteiger partial charge in [0.2, 0.25) is 0 Å². The predicted molar refractivity (Wildman–Crippen MR) is 178 cm³/mol. The molecule has 266 valence electrons. The third-order valence-electron chi connectivity index (χ3n) is 8.36. The number of allylic oxidation sites excluding steroid dienone is 3. The molecular formula is C30H34N2O14S3. The third kappa shape index (κ3) is 8.19. The Kier molecular flexibility index (Phi) is 10.5. The summed E-state index contributed by atoms with van der Waals surface area (Å²) in [7, 11) is -13.7. The smallest absolute Gasteiger partial charge is 0.328 e. The van der Waals surface area contributed by atoms with Crippen molar-refractivity contribution in [2.24, 2.45) is 4.99 Å². The Labute approximate surface area is 281 Å². The van der Waals surface area contributed by atoms with Crippen molar-refractivity contribution in [1.82, 2.24) is 0 Å². The topological polar surface area (TPSA) is 275 Å². The summed E-state index contributed by atoms with van der Waals surface area (Å²) >= 11 is 0. The molecule has 6 N–H and O–H groups in total. The van der Waals surface area contributed by atoms with Gasteiger partial charge in [-0.1, -0.05) is 18.2 Å². The van der Waals surface area contributed by atoms with E-state index in [1.165, 1.54) is 44.2 Å². The summed E-state index contributed by atoms with van der Waals surface area (Å²) in [5.41, 5.74) is 1.69. The van der Waals surface area contributed by atoms with Crippen molar-refractivity contribution < 1.29 is 63.1 Å². The molecule has 3 aliphatic rings. The van der Waals surface area contributed by atoms with Gasteiger partial charge in [-0.05, 0) is 69.9 Å². The van der Waals surface area contributed by atoms with E-state index in [2.05, 4.69) is 10.3 Å². The number of hydrogen-bond donors (Lipinski definition) is 6. The van der Waals surface area contributed by atoms with Gasteiger partial charge in [0.15, 0.2) is 0 Å². The lowest BCUT2D eigenvalue weighted by molar-refractivity contribution is -0.139. The van der Waals surface area contributed by atoms with Crippen LogP contribution in [0, 0.1) is 13.8 Å². The monoisotopic (exact) mass is 742 g/mol. The zero-order chi connectivity index (χ0) is 36.7. The van der Waals surface area contributed by atoms with Crippen LogP contribution in [0.5, 0.6) is 0 Å². The molecule has 1 aromatic rings. The number of carbonyl (C=O) groups is 2. The van der Waals surface area contributed by atoms with Gasteiger partial charge in [0, 0.05) is 33.3 Å². The van der Waals surface area contributed by atoms with Gasteiger partial charge in [-0.2, -0.15) is 25.3 Å². The van der Waals surface area contributed by atoms with Crippen molar-refractivity contribution >= 4 is 64.5 Å². The highest BCUT2D eigenvalue weighted by atomic mass is 32.2. The first-order valence-electron chi connectivity index (χ1n) is 14.5. The number of rotatable bonds is 13. The SMILES string of the molecule is Cc1c2oc3c(C)c(NC(CCS(=O)(=O)O)C(=O)O)ccc3c(C3=CC=CCC3(C)S(=O)(=O)O)c-2ccc1=NC(CCS(=O)(=O)O)C(=O)O. The van der Waals surface area contributed by atoms with Crippen molar-refractivity contribution in [1.29, 1.82) is 0 Å². The number of benzene rings is 2. The fraction of sp³-hybridized carbons (Fsp3) is 0.367. The Morgan fingerprint density at radius 1 is 0.918 bits per heavy atom. The maximum Gasteiger partial charge on any atom is 0.328 e. The van der Waals surface area contributed by atoms with Gasteiger partial charge >= 0.3 is 11.9 Å². The number of aryl methyl sites for hydroxylation is 1. The van der Waals surface area contributed by atoms with Crippen LogP contribution in [0.15, 0.2) is 51.9 Å². The molecule has 0 saturated carbocycles. The molecule has 0 bridgehead atoms. The van der Waals surface area contributed by atoms with Crippen LogP contribution < -0.4 is 10.7 Å². The van der Waals surface area contributed by atoms with E-state index in [-0.39, 0.29) is 39.9 Å². The van der Waals surface area contributed by atoms with Gasteiger partial charge in [-0.15, -0.1) is 0 Å². The second kappa shape index (κ2) is 13.6. The summed E-state index contributed by atoms with van der Waals surface area (Å²) in [5, 5.41) is 22.6. The number of fused-ring (bicyclic) bond motifs is 2. The average molecular weight is 743 g/mol. The van der Waals surface area contributed by atoms with Gasteiger partial charge in [-0.3, -0.25) is 18.7 Å². The Bertz CT molecular complexity index is 2270. The van der Waals surface area contributed by atoms with E-state index in [0.717, 1.165) is 0 Å². The standard InChI is InChI=1S/C30H34N2O14S3/c1-16-21(31-23(28(33)34)11-14-47(37,38)39)9-7-18-25(20-6-4-5-13-30(20,3)49(43,44)45)19-8-10-22(17(2)27(19)46-26(16)18)32-24(29(35)36)12-15-48(40,41)42/h4-10,23-24,31H,11-15H2,1-3H3,(H,33,34)(H,35,36)(H,37,38,39)(H,40,41,42)(H,43,44,45). The van der Waals surface area contributed by atoms with Crippen molar-refractivity contribution in [3.8, 4) is 11.3 Å². The Hall–Kier alpha value is -4.14. The Balaban J connectivity index is 2.06. The number of anilines is 1. The highest BCUT2D eigenvalue weighted by Crippen LogP contribution is 2.47. The Morgan fingerprint density at radius 3 is 2.12 bits per heavy atom. The average Bonchev–Trinajstić information content (AvgIpc) is 2.97. The van der Waals surface area contributed by atoms with Crippen molar-refractivity contribution in [3.63, 3.8) is 0 Å². The lowest BCUT2D eigenvalue weighted by atomic mass is 9.82. The third-order valence-corrected chi connectivity index (χ3v) is 11.4. The molecule has 1 aromatic carbocycles. The minimum Gasteiger partial charge on any atom is -0.480 e. The second-order valence-corrected chi connectivity index (χ2v) is 16.8. The maximum atomic E-state index is 12.8. The summed E-state index contributed by atoms with van der Waals surface area (Å²) in [6.45, 7) is 4.44. The van der Waals surface area contributed by atoms with Crippen LogP contribution >= 0.6 is 0 Å². The molecule has 19 heteroatoms. The molecule has 3 atom stereocenters. The van der Waals surface area contributed by atoms with E-state index in [9.17, 15) is 49.6 Å². The van der Waals surface area contributed by atoms with E-state index < -0.39 is 83.5 Å². The van der Waals surface area contributed by atoms with Crippen LogP contribution in [-0.2, 0) is 39.9 Å². The molecule has 0 aromatic heterocycles. The highest BCUT2D eigenvalue weighted by Gasteiger charge is 2.44. The fourth-order valence-corrected chi connectivity index (χ4v) is 7.39. The van der Waals surface area contributed by atoms with Crippen molar-refractivity contribution in [2.45, 2.75) is 56.9 Å². The molecule has 0 radical (unpaired) electrons. The van der Waals surface area contributed by atoms with Crippen LogP contribution in [0.2, 0.25) is 0 Å². The van der Waals surface area contributed by atoms with Crippen LogP contribution in [0.1, 0.15) is 42.9 Å². The van der Waals surface area contributed by atoms with Crippen LogP contribution in [-0.4, -0.2) is 89.4 Å². The number of aliphatic carboxylic acids is 2. The largest absolute Gasteiger partial charge is 0.480 e. The fourth-order valence-electron chi connectivity index (χ4n) is 5.58. The van der Waals surface area contributed by atoms with E-state index in [4.69, 9.17) is 13.5 Å². The minimum atomic E-state index is -4.73. The molecule has 0 fully saturated rings. The van der Waals surface area contributed by atoms with E-state index >= 15 is 0 Å². The summed E-state index contributed by atoms with van der Waals surface area (Å²) in [5.74, 6) is -4.49. The second-order valence-electron chi connectivity index (χ2n) is 11.8. The number of nitrogens with zero attached hydrogens (tertiary/aromatic N) is 1. The molecule has 0 amide bonds.